The molecule has 23 heavy (non-hydrogen) atoms. The summed E-state index contributed by atoms with van der Waals surface area (Å²) in [6.45, 7) is 1.88. The highest BCUT2D eigenvalue weighted by Crippen LogP contribution is 2.36. The third kappa shape index (κ3) is 2.90. The second kappa shape index (κ2) is 5.75. The van der Waals surface area contributed by atoms with Gasteiger partial charge in [0, 0.05) is 17.7 Å². The van der Waals surface area contributed by atoms with Gasteiger partial charge in [-0.2, -0.15) is 0 Å². The van der Waals surface area contributed by atoms with Crippen LogP contribution in [0, 0.1) is 10.1 Å². The van der Waals surface area contributed by atoms with Gasteiger partial charge >= 0.3 is 5.69 Å². The Kier molecular flexibility index (Phi) is 3.77. The van der Waals surface area contributed by atoms with Gasteiger partial charge in [0.05, 0.1) is 17.2 Å². The molecule has 1 aliphatic carbocycles. The molecule has 1 aliphatic rings. The predicted octanol–water partition coefficient (Wildman–Crippen LogP) is 3.26. The fourth-order valence-electron chi connectivity index (χ4n) is 2.64. The molecule has 0 radical (unpaired) electrons. The largest absolute Gasteiger partial charge is 0.502 e. The second-order valence-electron chi connectivity index (χ2n) is 5.60. The molecule has 7 nitrogen and oxygen atoms in total. The smallest absolute Gasteiger partial charge is 0.310 e. The van der Waals surface area contributed by atoms with Gasteiger partial charge in [0.2, 0.25) is 0 Å². The highest BCUT2D eigenvalue weighted by atomic mass is 16.6. The van der Waals surface area contributed by atoms with E-state index in [0.717, 1.165) is 25.0 Å². The summed E-state index contributed by atoms with van der Waals surface area (Å²) in [6.07, 6.45) is 3.38. The lowest BCUT2D eigenvalue weighted by Gasteiger charge is -2.28. The lowest BCUT2D eigenvalue weighted by molar-refractivity contribution is -0.385. The minimum absolute atomic E-state index is 0.125. The van der Waals surface area contributed by atoms with E-state index in [1.165, 1.54) is 6.07 Å². The third-order valence-electron chi connectivity index (χ3n) is 3.97. The van der Waals surface area contributed by atoms with Crippen molar-refractivity contribution in [2.24, 2.45) is 0 Å². The lowest BCUT2D eigenvalue weighted by Crippen LogP contribution is -2.35. The minimum Gasteiger partial charge on any atom is -0.502 e. The van der Waals surface area contributed by atoms with Crippen molar-refractivity contribution in [1.29, 1.82) is 0 Å². The van der Waals surface area contributed by atoms with Gasteiger partial charge in [-0.3, -0.25) is 14.9 Å². The number of nitro benzene ring substituents is 1. The number of hydrogen-bond acceptors (Lipinski definition) is 5. The Morgan fingerprint density at radius 1 is 1.43 bits per heavy atom. The number of benzene rings is 1. The normalized spacial score (nSPS) is 15.2. The first kappa shape index (κ1) is 15.1. The van der Waals surface area contributed by atoms with Crippen molar-refractivity contribution in [3.05, 3.63) is 58.0 Å². The highest BCUT2D eigenvalue weighted by molar-refractivity contribution is 5.95. The Bertz CT molecular complexity index is 737. The van der Waals surface area contributed by atoms with E-state index in [9.17, 15) is 20.0 Å². The summed E-state index contributed by atoms with van der Waals surface area (Å²) in [5.74, 6) is -0.111. The molecule has 1 fully saturated rings. The molecule has 7 heteroatoms. The van der Waals surface area contributed by atoms with Crippen LogP contribution in [0.3, 0.4) is 0 Å². The molecular formula is C16H16N2O5. The summed E-state index contributed by atoms with van der Waals surface area (Å²) >= 11 is 0. The van der Waals surface area contributed by atoms with E-state index < -0.39 is 16.4 Å². The SMILES string of the molecule is CC(c1ccco1)N(C(=O)c1ccc([N+](=O)[O-])c(O)c1)C1CC1. The van der Waals surface area contributed by atoms with E-state index in [1.807, 2.05) is 6.92 Å². The summed E-state index contributed by atoms with van der Waals surface area (Å²) in [7, 11) is 0. The van der Waals surface area contributed by atoms with Gasteiger partial charge in [0.25, 0.3) is 5.91 Å². The second-order valence-corrected chi connectivity index (χ2v) is 5.60. The summed E-state index contributed by atoms with van der Waals surface area (Å²) in [5, 5.41) is 20.5. The zero-order chi connectivity index (χ0) is 16.6. The number of carbonyl (C=O) groups excluding carboxylic acids is 1. The van der Waals surface area contributed by atoms with Crippen molar-refractivity contribution in [3.8, 4) is 5.75 Å². The van der Waals surface area contributed by atoms with Gasteiger partial charge in [-0.1, -0.05) is 0 Å². The number of aromatic hydroxyl groups is 1. The van der Waals surface area contributed by atoms with E-state index in [0.29, 0.717) is 5.76 Å². The molecule has 0 saturated heterocycles. The van der Waals surface area contributed by atoms with E-state index in [1.54, 1.807) is 23.3 Å². The molecule has 1 aromatic heterocycles. The van der Waals surface area contributed by atoms with Gasteiger partial charge in [-0.15, -0.1) is 0 Å². The molecular weight excluding hydrogens is 300 g/mol. The maximum absolute atomic E-state index is 12.8. The number of hydrogen-bond donors (Lipinski definition) is 1. The maximum atomic E-state index is 12.8. The molecule has 1 saturated carbocycles. The van der Waals surface area contributed by atoms with E-state index in [4.69, 9.17) is 4.42 Å². The Labute approximate surface area is 132 Å². The van der Waals surface area contributed by atoms with Crippen molar-refractivity contribution in [3.63, 3.8) is 0 Å². The summed E-state index contributed by atoms with van der Waals surface area (Å²) in [4.78, 5) is 24.6. The minimum atomic E-state index is -0.687. The molecule has 1 atom stereocenters. The van der Waals surface area contributed by atoms with Gasteiger partial charge in [0.1, 0.15) is 5.76 Å². The van der Waals surface area contributed by atoms with Crippen molar-refractivity contribution in [1.82, 2.24) is 4.90 Å². The lowest BCUT2D eigenvalue weighted by atomic mass is 10.1. The summed E-state index contributed by atoms with van der Waals surface area (Å²) in [5.41, 5.74) is -0.197. The molecule has 1 heterocycles. The Morgan fingerprint density at radius 2 is 2.17 bits per heavy atom. The predicted molar refractivity (Wildman–Crippen MR) is 81.1 cm³/mol. The third-order valence-corrected chi connectivity index (χ3v) is 3.97. The average Bonchev–Trinajstić information content (AvgIpc) is 3.18. The summed E-state index contributed by atoms with van der Waals surface area (Å²) in [6, 6.07) is 7.10. The number of rotatable bonds is 5. The standard InChI is InChI=1S/C16H16N2O5/c1-10(15-3-2-8-23-15)17(12-5-6-12)16(20)11-4-7-13(18(21)22)14(19)9-11/h2-4,7-10,12,19H,5-6H2,1H3. The molecule has 120 valence electrons. The first-order valence-corrected chi connectivity index (χ1v) is 7.32. The van der Waals surface area contributed by atoms with E-state index >= 15 is 0 Å². The fraction of sp³-hybridized carbons (Fsp3) is 0.312. The quantitative estimate of drug-likeness (QED) is 0.674. The monoisotopic (exact) mass is 316 g/mol. The number of nitro groups is 1. The Hall–Kier alpha value is -2.83. The van der Waals surface area contributed by atoms with E-state index in [-0.39, 0.29) is 23.6 Å². The first-order valence-electron chi connectivity index (χ1n) is 7.32. The van der Waals surface area contributed by atoms with Gasteiger partial charge in [0.15, 0.2) is 5.75 Å². The van der Waals surface area contributed by atoms with Crippen LogP contribution in [0.2, 0.25) is 0 Å². The average molecular weight is 316 g/mol. The molecule has 3 rings (SSSR count). The van der Waals surface area contributed by atoms with Crippen LogP contribution >= 0.6 is 0 Å². The molecule has 2 aromatic rings. The van der Waals surface area contributed by atoms with Crippen LogP contribution in [0.25, 0.3) is 0 Å². The van der Waals surface area contributed by atoms with Crippen molar-refractivity contribution >= 4 is 11.6 Å². The van der Waals surface area contributed by atoms with Crippen LogP contribution in [-0.2, 0) is 0 Å². The number of nitrogens with zero attached hydrogens (tertiary/aromatic N) is 2. The number of phenols is 1. The van der Waals surface area contributed by atoms with Crippen LogP contribution in [0.1, 0.15) is 41.9 Å². The van der Waals surface area contributed by atoms with Crippen LogP contribution in [0.5, 0.6) is 5.75 Å². The molecule has 1 aromatic carbocycles. The number of phenolic OH excluding ortho intramolecular Hbond substituents is 1. The Balaban J connectivity index is 1.90. The van der Waals surface area contributed by atoms with Crippen LogP contribution < -0.4 is 0 Å². The number of furan rings is 1. The topological polar surface area (TPSA) is 96.8 Å². The molecule has 1 N–H and O–H groups in total. The zero-order valence-electron chi connectivity index (χ0n) is 12.5. The number of carbonyl (C=O) groups is 1. The highest BCUT2D eigenvalue weighted by Gasteiger charge is 2.38. The zero-order valence-corrected chi connectivity index (χ0v) is 12.5. The molecule has 0 spiro atoms. The summed E-state index contributed by atoms with van der Waals surface area (Å²) < 4.78 is 5.38. The van der Waals surface area contributed by atoms with E-state index in [2.05, 4.69) is 0 Å². The fourth-order valence-corrected chi connectivity index (χ4v) is 2.64. The molecule has 1 amide bonds. The van der Waals surface area contributed by atoms with Gasteiger partial charge in [-0.25, -0.2) is 0 Å². The molecule has 0 aliphatic heterocycles. The van der Waals surface area contributed by atoms with Gasteiger partial charge < -0.3 is 14.4 Å². The Morgan fingerprint density at radius 3 is 2.70 bits per heavy atom. The van der Waals surface area contributed by atoms with Crippen LogP contribution in [0.4, 0.5) is 5.69 Å². The van der Waals surface area contributed by atoms with Crippen LogP contribution in [0.15, 0.2) is 41.0 Å². The molecule has 1 unspecified atom stereocenters. The van der Waals surface area contributed by atoms with Crippen molar-refractivity contribution in [2.75, 3.05) is 0 Å². The molecule has 0 bridgehead atoms. The van der Waals surface area contributed by atoms with Crippen molar-refractivity contribution in [2.45, 2.75) is 31.8 Å². The maximum Gasteiger partial charge on any atom is 0.310 e. The van der Waals surface area contributed by atoms with Crippen LogP contribution in [-0.4, -0.2) is 26.9 Å². The number of amides is 1. The van der Waals surface area contributed by atoms with Crippen molar-refractivity contribution < 1.29 is 19.2 Å². The van der Waals surface area contributed by atoms with Gasteiger partial charge in [-0.05, 0) is 44.0 Å². The first-order chi connectivity index (χ1) is 11.0.